The van der Waals surface area contributed by atoms with Crippen LogP contribution in [0.3, 0.4) is 0 Å². The van der Waals surface area contributed by atoms with Gasteiger partial charge in [-0.05, 0) is 37.3 Å². The molecule has 226 valence electrons. The van der Waals surface area contributed by atoms with E-state index in [1.807, 2.05) is 0 Å². The molecular formula is C39H61N2+. The quantitative estimate of drug-likeness (QED) is 0.0810. The lowest BCUT2D eigenvalue weighted by atomic mass is 9.70. The second-order valence-corrected chi connectivity index (χ2v) is 12.7. The number of unbranched alkanes of at least 4 members (excludes halogenated alkanes) is 15. The van der Waals surface area contributed by atoms with Crippen molar-refractivity contribution in [1.82, 2.24) is 4.57 Å². The summed E-state index contributed by atoms with van der Waals surface area (Å²) in [5.74, 6) is 0. The molecule has 0 fully saturated rings. The lowest BCUT2D eigenvalue weighted by molar-refractivity contribution is -0.693. The highest BCUT2D eigenvalue weighted by Crippen LogP contribution is 2.41. The van der Waals surface area contributed by atoms with Gasteiger partial charge in [0.25, 0.3) is 0 Å². The second-order valence-electron chi connectivity index (χ2n) is 12.7. The van der Waals surface area contributed by atoms with Crippen molar-refractivity contribution in [3.8, 4) is 0 Å². The molecule has 0 bridgehead atoms. The first-order valence-corrected chi connectivity index (χ1v) is 17.3. The summed E-state index contributed by atoms with van der Waals surface area (Å²) in [4.78, 5) is 0. The summed E-state index contributed by atoms with van der Waals surface area (Å²) in [7, 11) is 0. The van der Waals surface area contributed by atoms with Gasteiger partial charge in [-0.2, -0.15) is 0 Å². The first-order chi connectivity index (χ1) is 20.2. The van der Waals surface area contributed by atoms with Gasteiger partial charge in [-0.1, -0.05) is 171 Å². The Morgan fingerprint density at radius 3 is 1.61 bits per heavy atom. The van der Waals surface area contributed by atoms with E-state index in [9.17, 15) is 0 Å². The second kappa shape index (κ2) is 19.7. The molecule has 0 aliphatic rings. The van der Waals surface area contributed by atoms with Gasteiger partial charge in [0.15, 0.2) is 0 Å². The normalized spacial score (nSPS) is 13.7. The number of hydrogen-bond donors (Lipinski definition) is 0. The Kier molecular flexibility index (Phi) is 15.9. The topological polar surface area (TPSA) is 8.81 Å². The molecule has 3 rings (SSSR count). The minimum Gasteiger partial charge on any atom is -0.237 e. The Labute approximate surface area is 253 Å². The van der Waals surface area contributed by atoms with E-state index in [1.54, 1.807) is 0 Å². The Morgan fingerprint density at radius 1 is 0.634 bits per heavy atom. The van der Waals surface area contributed by atoms with Crippen LogP contribution in [0.5, 0.6) is 0 Å². The molecule has 3 aromatic rings. The molecule has 2 aromatic carbocycles. The zero-order valence-corrected chi connectivity index (χ0v) is 26.9. The van der Waals surface area contributed by atoms with E-state index >= 15 is 0 Å². The zero-order valence-electron chi connectivity index (χ0n) is 26.9. The molecular weight excluding hydrogens is 496 g/mol. The largest absolute Gasteiger partial charge is 0.243 e. The van der Waals surface area contributed by atoms with Crippen molar-refractivity contribution in [1.29, 1.82) is 0 Å². The monoisotopic (exact) mass is 557 g/mol. The van der Waals surface area contributed by atoms with Gasteiger partial charge in [-0.3, -0.25) is 0 Å². The van der Waals surface area contributed by atoms with Crippen molar-refractivity contribution in [2.24, 2.45) is 0 Å². The van der Waals surface area contributed by atoms with Crippen LogP contribution in [0.15, 0.2) is 79.4 Å². The summed E-state index contributed by atoms with van der Waals surface area (Å²) in [5, 5.41) is 0. The van der Waals surface area contributed by atoms with Crippen molar-refractivity contribution >= 4 is 0 Å². The van der Waals surface area contributed by atoms with E-state index in [4.69, 9.17) is 0 Å². The van der Waals surface area contributed by atoms with Crippen LogP contribution in [0.25, 0.3) is 0 Å². The Balaban J connectivity index is 1.46. The first-order valence-electron chi connectivity index (χ1n) is 17.3. The average Bonchev–Trinajstić information content (AvgIpc) is 3.48. The third-order valence-corrected chi connectivity index (χ3v) is 9.35. The molecule has 0 aliphatic heterocycles. The van der Waals surface area contributed by atoms with E-state index in [1.165, 1.54) is 120 Å². The maximum absolute atomic E-state index is 2.52. The average molecular weight is 558 g/mol. The van der Waals surface area contributed by atoms with Crippen LogP contribution in [-0.4, -0.2) is 4.57 Å². The molecule has 0 aliphatic carbocycles. The summed E-state index contributed by atoms with van der Waals surface area (Å²) < 4.78 is 4.83. The highest BCUT2D eigenvalue weighted by Gasteiger charge is 2.40. The molecule has 0 spiro atoms. The maximum Gasteiger partial charge on any atom is 0.243 e. The van der Waals surface area contributed by atoms with Gasteiger partial charge in [0.2, 0.25) is 6.33 Å². The van der Waals surface area contributed by atoms with Gasteiger partial charge >= 0.3 is 0 Å². The molecule has 0 radical (unpaired) electrons. The van der Waals surface area contributed by atoms with Gasteiger partial charge in [0.1, 0.15) is 18.4 Å². The summed E-state index contributed by atoms with van der Waals surface area (Å²) in [6.45, 7) is 8.05. The fourth-order valence-corrected chi connectivity index (χ4v) is 6.72. The lowest BCUT2D eigenvalue weighted by Gasteiger charge is -2.37. The number of aromatic nitrogens is 2. The van der Waals surface area contributed by atoms with Crippen LogP contribution in [0, 0.1) is 0 Å². The number of imidazole rings is 1. The van der Waals surface area contributed by atoms with Gasteiger partial charge in [-0.25, -0.2) is 9.13 Å². The highest BCUT2D eigenvalue weighted by molar-refractivity contribution is 5.30. The van der Waals surface area contributed by atoms with E-state index < -0.39 is 0 Å². The molecule has 0 amide bonds. The Morgan fingerprint density at radius 2 is 1.12 bits per heavy atom. The fourth-order valence-electron chi connectivity index (χ4n) is 6.72. The van der Waals surface area contributed by atoms with Crippen LogP contribution in [0.2, 0.25) is 0 Å². The zero-order chi connectivity index (χ0) is 29.0. The van der Waals surface area contributed by atoms with E-state index in [0.29, 0.717) is 6.04 Å². The Bertz CT molecular complexity index is 1020. The van der Waals surface area contributed by atoms with Crippen molar-refractivity contribution in [2.75, 3.05) is 0 Å². The maximum atomic E-state index is 2.52. The molecule has 2 unspecified atom stereocenters. The molecule has 0 saturated carbocycles. The predicted molar refractivity (Wildman–Crippen MR) is 177 cm³/mol. The van der Waals surface area contributed by atoms with Gasteiger partial charge in [-0.15, -0.1) is 0 Å². The third kappa shape index (κ3) is 11.8. The third-order valence-electron chi connectivity index (χ3n) is 9.35. The van der Waals surface area contributed by atoms with E-state index in [2.05, 4.69) is 109 Å². The summed E-state index contributed by atoms with van der Waals surface area (Å²) in [6, 6.07) is 22.8. The number of benzene rings is 2. The minimum absolute atomic E-state index is 0.0166. The SMILES string of the molecule is CCCCCCCCCCCCCCCCCCC(n1cc[n+](CC)c1)C(C)(Cc1ccccc1)c1ccccc1. The molecule has 2 nitrogen and oxygen atoms in total. The smallest absolute Gasteiger partial charge is 0.237 e. The summed E-state index contributed by atoms with van der Waals surface area (Å²) in [6.07, 6.45) is 31.8. The number of rotatable bonds is 23. The molecule has 2 atom stereocenters. The fraction of sp³-hybridized carbons (Fsp3) is 0.615. The van der Waals surface area contributed by atoms with Crippen molar-refractivity contribution in [2.45, 2.75) is 154 Å². The van der Waals surface area contributed by atoms with E-state index in [-0.39, 0.29) is 5.41 Å². The van der Waals surface area contributed by atoms with Crippen LogP contribution in [0.4, 0.5) is 0 Å². The number of nitrogens with zero attached hydrogens (tertiary/aromatic N) is 2. The molecule has 0 N–H and O–H groups in total. The standard InChI is InChI=1S/C39H61N2/c1-4-6-7-8-9-10-11-12-13-14-15-16-17-18-19-26-31-38(41-33-32-40(5-2)35-41)39(3,37-29-24-21-25-30-37)34-36-27-22-20-23-28-36/h20-25,27-30,32-33,35,38H,4-19,26,31,34H2,1-3H3/q+1. The minimum atomic E-state index is 0.0166. The molecule has 0 saturated heterocycles. The van der Waals surface area contributed by atoms with Gasteiger partial charge in [0, 0.05) is 5.41 Å². The van der Waals surface area contributed by atoms with Gasteiger partial charge in [0.05, 0.1) is 6.54 Å². The predicted octanol–water partition coefficient (Wildman–Crippen LogP) is 11.2. The Hall–Kier alpha value is -2.35. The van der Waals surface area contributed by atoms with Crippen molar-refractivity contribution < 1.29 is 4.57 Å². The van der Waals surface area contributed by atoms with Crippen molar-refractivity contribution in [3.05, 3.63) is 90.5 Å². The molecule has 1 heterocycles. The van der Waals surface area contributed by atoms with Gasteiger partial charge < -0.3 is 0 Å². The van der Waals surface area contributed by atoms with Crippen molar-refractivity contribution in [3.63, 3.8) is 0 Å². The number of aryl methyl sites for hydroxylation is 1. The van der Waals surface area contributed by atoms with Crippen LogP contribution in [0.1, 0.15) is 147 Å². The summed E-state index contributed by atoms with van der Waals surface area (Å²) in [5.41, 5.74) is 2.89. The van der Waals surface area contributed by atoms with Crippen LogP contribution >= 0.6 is 0 Å². The molecule has 1 aromatic heterocycles. The van der Waals surface area contributed by atoms with Crippen LogP contribution in [-0.2, 0) is 18.4 Å². The van der Waals surface area contributed by atoms with Crippen LogP contribution < -0.4 is 4.57 Å². The highest BCUT2D eigenvalue weighted by atomic mass is 15.1. The number of hydrogen-bond acceptors (Lipinski definition) is 0. The van der Waals surface area contributed by atoms with E-state index in [0.717, 1.165) is 13.0 Å². The molecule has 41 heavy (non-hydrogen) atoms. The molecule has 2 heteroatoms. The summed E-state index contributed by atoms with van der Waals surface area (Å²) >= 11 is 0. The first kappa shape index (κ1) is 33.2. The lowest BCUT2D eigenvalue weighted by Crippen LogP contribution is -2.37.